The minimum absolute atomic E-state index is 0.381. The molecule has 0 aliphatic carbocycles. The molecule has 2 heteroatoms. The summed E-state index contributed by atoms with van der Waals surface area (Å²) in [6.07, 6.45) is 4.06. The highest BCUT2D eigenvalue weighted by atomic mass is 16.5. The number of ether oxygens (including phenoxy) is 2. The van der Waals surface area contributed by atoms with Gasteiger partial charge in [-0.05, 0) is 36.1 Å². The van der Waals surface area contributed by atoms with Gasteiger partial charge in [0.25, 0.3) is 0 Å². The van der Waals surface area contributed by atoms with E-state index in [0.29, 0.717) is 19.1 Å². The summed E-state index contributed by atoms with van der Waals surface area (Å²) in [7, 11) is 0. The Bertz CT molecular complexity index is 655. The summed E-state index contributed by atoms with van der Waals surface area (Å²) in [5.41, 5.74) is 2.29. The van der Waals surface area contributed by atoms with Crippen LogP contribution in [0, 0.1) is 5.92 Å². The van der Waals surface area contributed by atoms with Gasteiger partial charge < -0.3 is 9.47 Å². The van der Waals surface area contributed by atoms with Crippen LogP contribution in [0.15, 0.2) is 84.3 Å². The number of allylic oxidation sites excluding steroid dienone is 2. The summed E-state index contributed by atoms with van der Waals surface area (Å²) in [6.45, 7) is 15.3. The van der Waals surface area contributed by atoms with E-state index in [1.165, 1.54) is 0 Å². The van der Waals surface area contributed by atoms with Gasteiger partial charge in [-0.25, -0.2) is 0 Å². The quantitative estimate of drug-likeness (QED) is 0.341. The highest BCUT2D eigenvalue weighted by Crippen LogP contribution is 2.20. The monoisotopic (exact) mass is 382 g/mol. The first kappa shape index (κ1) is 25.5. The van der Waals surface area contributed by atoms with Gasteiger partial charge in [-0.1, -0.05) is 102 Å². The molecule has 2 nitrogen and oxygen atoms in total. The van der Waals surface area contributed by atoms with Crippen LogP contribution in [0.1, 0.15) is 59.6 Å². The summed E-state index contributed by atoms with van der Waals surface area (Å²) in [6, 6.07) is 20.3. The Hall–Kier alpha value is -2.48. The lowest BCUT2D eigenvalue weighted by Crippen LogP contribution is -2.03. The molecule has 0 aromatic heterocycles. The van der Waals surface area contributed by atoms with E-state index < -0.39 is 0 Å². The van der Waals surface area contributed by atoms with Crippen molar-refractivity contribution in [1.82, 2.24) is 0 Å². The van der Waals surface area contributed by atoms with Crippen molar-refractivity contribution in [3.8, 4) is 0 Å². The van der Waals surface area contributed by atoms with Gasteiger partial charge in [0, 0.05) is 0 Å². The lowest BCUT2D eigenvalue weighted by atomic mass is 10.1. The molecule has 0 spiro atoms. The average Bonchev–Trinajstić information content (AvgIpc) is 2.76. The zero-order valence-corrected chi connectivity index (χ0v) is 18.7. The van der Waals surface area contributed by atoms with Crippen LogP contribution in [0.25, 0.3) is 0 Å². The maximum Gasteiger partial charge on any atom is 0.157 e. The first-order valence-electron chi connectivity index (χ1n) is 10.4. The topological polar surface area (TPSA) is 18.5 Å². The van der Waals surface area contributed by atoms with Crippen molar-refractivity contribution in [1.29, 1.82) is 0 Å². The summed E-state index contributed by atoms with van der Waals surface area (Å²) >= 11 is 0. The summed E-state index contributed by atoms with van der Waals surface area (Å²) in [4.78, 5) is 0. The molecule has 154 valence electrons. The van der Waals surface area contributed by atoms with Gasteiger partial charge in [0.1, 0.15) is 13.2 Å². The van der Waals surface area contributed by atoms with Gasteiger partial charge in [-0.15, -0.1) is 0 Å². The van der Waals surface area contributed by atoms with Crippen LogP contribution in [0.4, 0.5) is 0 Å². The van der Waals surface area contributed by atoms with Crippen molar-refractivity contribution in [3.63, 3.8) is 0 Å². The molecule has 0 heterocycles. The van der Waals surface area contributed by atoms with Crippen molar-refractivity contribution in [2.45, 2.75) is 61.7 Å². The lowest BCUT2D eigenvalue weighted by molar-refractivity contribution is 0.135. The molecule has 2 rings (SSSR count). The molecule has 0 radical (unpaired) electrons. The van der Waals surface area contributed by atoms with Crippen LogP contribution in [0.3, 0.4) is 0 Å². The van der Waals surface area contributed by atoms with E-state index >= 15 is 0 Å². The molecule has 0 atom stereocenters. The number of hydrogen-bond donors (Lipinski definition) is 0. The maximum atomic E-state index is 6.05. The van der Waals surface area contributed by atoms with Crippen LogP contribution < -0.4 is 0 Å². The second-order valence-corrected chi connectivity index (χ2v) is 5.98. The van der Waals surface area contributed by atoms with Crippen LogP contribution in [-0.2, 0) is 22.7 Å². The third-order valence-corrected chi connectivity index (χ3v) is 3.46. The Morgan fingerprint density at radius 1 is 0.714 bits per heavy atom. The normalized spacial score (nSPS) is 11.0. The van der Waals surface area contributed by atoms with E-state index in [-0.39, 0.29) is 0 Å². The first-order chi connectivity index (χ1) is 13.7. The van der Waals surface area contributed by atoms with Crippen molar-refractivity contribution in [3.05, 3.63) is 95.5 Å². The van der Waals surface area contributed by atoms with Gasteiger partial charge >= 0.3 is 0 Å². The molecule has 0 unspecified atom stereocenters. The standard InChI is InChI=1S/C22H26O2.2C2H6/c1-4-21(23-16-19-11-7-5-8-12-19)22(15-18(2)3)24-17-20-13-9-6-10-14-20;2*1-2/h4-15,18H,16-17H2,1-3H3;2*1-2H3/b21-4+,22-15+;;. The van der Waals surface area contributed by atoms with E-state index in [1.807, 2.05) is 77.1 Å². The fraction of sp³-hybridized carbons (Fsp3) is 0.385. The van der Waals surface area contributed by atoms with Crippen LogP contribution in [0.5, 0.6) is 0 Å². The first-order valence-corrected chi connectivity index (χ1v) is 10.4. The molecule has 0 bridgehead atoms. The molecule has 2 aromatic rings. The van der Waals surface area contributed by atoms with E-state index in [0.717, 1.165) is 22.6 Å². The smallest absolute Gasteiger partial charge is 0.157 e. The summed E-state index contributed by atoms with van der Waals surface area (Å²) < 4.78 is 12.0. The van der Waals surface area contributed by atoms with E-state index in [2.05, 4.69) is 44.2 Å². The van der Waals surface area contributed by atoms with Crippen molar-refractivity contribution >= 4 is 0 Å². The molecule has 2 aromatic carbocycles. The minimum atomic E-state index is 0.381. The fourth-order valence-electron chi connectivity index (χ4n) is 2.27. The highest BCUT2D eigenvalue weighted by molar-refractivity contribution is 5.22. The number of benzene rings is 2. The molecule has 0 N–H and O–H groups in total. The van der Waals surface area contributed by atoms with Crippen molar-refractivity contribution in [2.24, 2.45) is 5.92 Å². The maximum absolute atomic E-state index is 6.05. The Labute approximate surface area is 172 Å². The summed E-state index contributed by atoms with van der Waals surface area (Å²) in [5.74, 6) is 1.96. The Balaban J connectivity index is 0.00000171. The predicted octanol–water partition coefficient (Wildman–Crippen LogP) is 7.92. The molecule has 0 fully saturated rings. The predicted molar refractivity (Wildman–Crippen MR) is 122 cm³/mol. The van der Waals surface area contributed by atoms with Gasteiger partial charge in [0.15, 0.2) is 11.5 Å². The summed E-state index contributed by atoms with van der Waals surface area (Å²) in [5, 5.41) is 0. The Morgan fingerprint density at radius 2 is 1.11 bits per heavy atom. The molecule has 28 heavy (non-hydrogen) atoms. The van der Waals surface area contributed by atoms with Crippen molar-refractivity contribution in [2.75, 3.05) is 0 Å². The Kier molecular flexibility index (Phi) is 15.2. The van der Waals surface area contributed by atoms with Crippen LogP contribution >= 0.6 is 0 Å². The lowest BCUT2D eigenvalue weighted by Gasteiger charge is -2.16. The second kappa shape index (κ2) is 16.7. The van der Waals surface area contributed by atoms with Gasteiger partial charge in [0.05, 0.1) is 0 Å². The largest absolute Gasteiger partial charge is 0.485 e. The minimum Gasteiger partial charge on any atom is -0.485 e. The molecule has 0 amide bonds. The molecule has 0 saturated carbocycles. The Morgan fingerprint density at radius 3 is 1.46 bits per heavy atom. The highest BCUT2D eigenvalue weighted by Gasteiger charge is 2.09. The third-order valence-electron chi connectivity index (χ3n) is 3.46. The van der Waals surface area contributed by atoms with Gasteiger partial charge in [-0.3, -0.25) is 0 Å². The third kappa shape index (κ3) is 10.6. The zero-order valence-electron chi connectivity index (χ0n) is 18.7. The molecule has 0 aliphatic rings. The SMILES string of the molecule is C/C=C(OCc1ccccc1)\C(=C/C(C)C)OCc1ccccc1.CC.CC. The fourth-order valence-corrected chi connectivity index (χ4v) is 2.27. The van der Waals surface area contributed by atoms with Gasteiger partial charge in [0.2, 0.25) is 0 Å². The van der Waals surface area contributed by atoms with Gasteiger partial charge in [-0.2, -0.15) is 0 Å². The number of rotatable bonds is 8. The molecule has 0 saturated heterocycles. The molecular weight excluding hydrogens is 344 g/mol. The molecular formula is C26H38O2. The zero-order chi connectivity index (χ0) is 21.2. The van der Waals surface area contributed by atoms with Crippen LogP contribution in [-0.4, -0.2) is 0 Å². The van der Waals surface area contributed by atoms with Crippen molar-refractivity contribution < 1.29 is 9.47 Å². The molecule has 0 aliphatic heterocycles. The second-order valence-electron chi connectivity index (χ2n) is 5.98. The van der Waals surface area contributed by atoms with E-state index in [4.69, 9.17) is 9.47 Å². The number of hydrogen-bond acceptors (Lipinski definition) is 2. The van der Waals surface area contributed by atoms with Crippen LogP contribution in [0.2, 0.25) is 0 Å². The average molecular weight is 383 g/mol. The van der Waals surface area contributed by atoms with E-state index in [1.54, 1.807) is 0 Å². The van der Waals surface area contributed by atoms with E-state index in [9.17, 15) is 0 Å².